The molecule has 0 saturated carbocycles. The Bertz CT molecular complexity index is 1720. The fourth-order valence-electron chi connectivity index (χ4n) is 4.92. The molecule has 46 heavy (non-hydrogen) atoms. The maximum Gasteiger partial charge on any atom is 0.264 e. The third-order valence-electron chi connectivity index (χ3n) is 7.39. The average Bonchev–Trinajstić information content (AvgIpc) is 3.07. The van der Waals surface area contributed by atoms with Crippen LogP contribution in [0, 0.1) is 5.82 Å². The number of rotatable bonds is 15. The number of hydrogen-bond acceptors (Lipinski definition) is 5. The monoisotopic (exact) mass is 665 g/mol. The van der Waals surface area contributed by atoms with Crippen LogP contribution in [0.4, 0.5) is 10.1 Å². The molecule has 242 valence electrons. The van der Waals surface area contributed by atoms with Gasteiger partial charge in [0.05, 0.1) is 22.7 Å². The molecule has 11 heteroatoms. The maximum atomic E-state index is 14.5. The molecule has 0 bridgehead atoms. The Hall–Kier alpha value is -4.41. The summed E-state index contributed by atoms with van der Waals surface area (Å²) in [6.07, 6.45) is 1.80. The minimum absolute atomic E-state index is 0.00283. The Morgan fingerprint density at radius 3 is 2.24 bits per heavy atom. The van der Waals surface area contributed by atoms with Gasteiger partial charge in [-0.25, -0.2) is 12.8 Å². The molecule has 1 atom stereocenters. The van der Waals surface area contributed by atoms with E-state index in [1.165, 1.54) is 30.2 Å². The van der Waals surface area contributed by atoms with Crippen molar-refractivity contribution >= 4 is 39.1 Å². The highest BCUT2D eigenvalue weighted by molar-refractivity contribution is 7.92. The third kappa shape index (κ3) is 8.86. The second-order valence-corrected chi connectivity index (χ2v) is 12.9. The SMILES string of the molecule is CCCCNC(=O)[C@H](Cc1ccccc1)N(Cc1cccc(OC)c1)C(=O)CN(c1ccc(F)c(Cl)c1)S(=O)(=O)c1ccccc1. The molecule has 0 aliphatic rings. The molecule has 1 N–H and O–H groups in total. The quantitative estimate of drug-likeness (QED) is 0.152. The summed E-state index contributed by atoms with van der Waals surface area (Å²) in [6.45, 7) is 1.73. The maximum absolute atomic E-state index is 14.5. The number of hydrogen-bond donors (Lipinski definition) is 1. The van der Waals surface area contributed by atoms with Gasteiger partial charge in [0.2, 0.25) is 11.8 Å². The van der Waals surface area contributed by atoms with Crippen LogP contribution >= 0.6 is 11.6 Å². The zero-order valence-corrected chi connectivity index (χ0v) is 27.3. The normalized spacial score (nSPS) is 11.8. The van der Waals surface area contributed by atoms with Crippen molar-refractivity contribution in [3.63, 3.8) is 0 Å². The lowest BCUT2D eigenvalue weighted by Gasteiger charge is -2.34. The van der Waals surface area contributed by atoms with Crippen LogP contribution in [-0.2, 0) is 32.6 Å². The molecular formula is C35H37ClFN3O5S. The first-order valence-corrected chi connectivity index (χ1v) is 16.7. The van der Waals surface area contributed by atoms with Crippen molar-refractivity contribution in [3.8, 4) is 5.75 Å². The molecule has 0 aromatic heterocycles. The van der Waals surface area contributed by atoms with Gasteiger partial charge >= 0.3 is 0 Å². The van der Waals surface area contributed by atoms with Crippen LogP contribution in [0.2, 0.25) is 5.02 Å². The first-order chi connectivity index (χ1) is 22.1. The summed E-state index contributed by atoms with van der Waals surface area (Å²) in [5.41, 5.74) is 1.49. The number of halogens is 2. The van der Waals surface area contributed by atoms with Crippen LogP contribution in [0.25, 0.3) is 0 Å². The Kier molecular flexibility index (Phi) is 12.2. The number of sulfonamides is 1. The fraction of sp³-hybridized carbons (Fsp3) is 0.257. The van der Waals surface area contributed by atoms with E-state index < -0.39 is 34.3 Å². The number of ether oxygens (including phenoxy) is 1. The minimum Gasteiger partial charge on any atom is -0.497 e. The molecule has 0 radical (unpaired) electrons. The van der Waals surface area contributed by atoms with Gasteiger partial charge in [-0.3, -0.25) is 13.9 Å². The zero-order chi connectivity index (χ0) is 33.1. The van der Waals surface area contributed by atoms with Crippen LogP contribution in [-0.4, -0.2) is 51.4 Å². The van der Waals surface area contributed by atoms with Crippen molar-refractivity contribution in [2.45, 2.75) is 43.7 Å². The molecule has 4 aromatic rings. The topological polar surface area (TPSA) is 96.0 Å². The Balaban J connectivity index is 1.81. The molecule has 0 spiro atoms. The van der Waals surface area contributed by atoms with Gasteiger partial charge in [-0.1, -0.05) is 85.6 Å². The van der Waals surface area contributed by atoms with Crippen LogP contribution in [0.15, 0.2) is 108 Å². The average molecular weight is 666 g/mol. The second-order valence-electron chi connectivity index (χ2n) is 10.6. The Labute approximate surface area is 274 Å². The van der Waals surface area contributed by atoms with Gasteiger partial charge in [0.1, 0.15) is 24.2 Å². The van der Waals surface area contributed by atoms with Gasteiger partial charge < -0.3 is 15.0 Å². The molecule has 0 unspecified atom stereocenters. The summed E-state index contributed by atoms with van der Waals surface area (Å²) < 4.78 is 48.5. The number of amides is 2. The molecule has 4 rings (SSSR count). The van der Waals surface area contributed by atoms with Crippen molar-refractivity contribution < 1.29 is 27.1 Å². The first-order valence-electron chi connectivity index (χ1n) is 14.9. The van der Waals surface area contributed by atoms with Crippen molar-refractivity contribution in [2.24, 2.45) is 0 Å². The summed E-state index contributed by atoms with van der Waals surface area (Å²) in [5.74, 6) is -1.18. The molecule has 2 amide bonds. The summed E-state index contributed by atoms with van der Waals surface area (Å²) in [6, 6.07) is 26.5. The van der Waals surface area contributed by atoms with E-state index in [0.717, 1.165) is 34.8 Å². The smallest absolute Gasteiger partial charge is 0.264 e. The lowest BCUT2D eigenvalue weighted by molar-refractivity contribution is -0.140. The number of nitrogens with one attached hydrogen (secondary N) is 1. The van der Waals surface area contributed by atoms with Gasteiger partial charge in [0.25, 0.3) is 10.0 Å². The van der Waals surface area contributed by atoms with Crippen molar-refractivity contribution in [1.82, 2.24) is 10.2 Å². The van der Waals surface area contributed by atoms with Crippen LogP contribution in [0.5, 0.6) is 5.75 Å². The highest BCUT2D eigenvalue weighted by atomic mass is 35.5. The van der Waals surface area contributed by atoms with E-state index >= 15 is 0 Å². The van der Waals surface area contributed by atoms with E-state index in [1.807, 2.05) is 37.3 Å². The summed E-state index contributed by atoms with van der Waals surface area (Å²) in [5, 5.41) is 2.65. The Morgan fingerprint density at radius 2 is 1.59 bits per heavy atom. The van der Waals surface area contributed by atoms with Gasteiger partial charge in [-0.05, 0) is 60.0 Å². The molecule has 0 saturated heterocycles. The predicted molar refractivity (Wildman–Crippen MR) is 178 cm³/mol. The highest BCUT2D eigenvalue weighted by Crippen LogP contribution is 2.29. The van der Waals surface area contributed by atoms with E-state index in [-0.39, 0.29) is 34.5 Å². The summed E-state index contributed by atoms with van der Waals surface area (Å²) in [4.78, 5) is 29.6. The standard InChI is InChI=1S/C35H37ClFN3O5S/c1-3-4-20-38-35(42)33(22-26-12-7-5-8-13-26)39(24-27-14-11-15-29(21-27)45-2)34(41)25-40(28-18-19-32(37)31(36)23-28)46(43,44)30-16-9-6-10-17-30/h5-19,21,23,33H,3-4,20,22,24-25H2,1-2H3,(H,38,42)/t33-/m0/s1. The fourth-order valence-corrected chi connectivity index (χ4v) is 6.52. The Morgan fingerprint density at radius 1 is 0.913 bits per heavy atom. The summed E-state index contributed by atoms with van der Waals surface area (Å²) in [7, 11) is -2.80. The molecule has 4 aromatic carbocycles. The first kappa shape index (κ1) is 34.5. The van der Waals surface area contributed by atoms with Crippen LogP contribution < -0.4 is 14.4 Å². The molecule has 0 aliphatic carbocycles. The number of methoxy groups -OCH3 is 1. The molecule has 0 heterocycles. The number of benzene rings is 4. The van der Waals surface area contributed by atoms with E-state index in [4.69, 9.17) is 16.3 Å². The number of unbranched alkanes of at least 4 members (excludes halogenated alkanes) is 1. The number of carbonyl (C=O) groups is 2. The van der Waals surface area contributed by atoms with Crippen molar-refractivity contribution in [2.75, 3.05) is 24.5 Å². The number of nitrogens with zero attached hydrogens (tertiary/aromatic N) is 2. The van der Waals surface area contributed by atoms with Crippen molar-refractivity contribution in [1.29, 1.82) is 0 Å². The molecular weight excluding hydrogens is 629 g/mol. The van der Waals surface area contributed by atoms with E-state index in [0.29, 0.717) is 17.9 Å². The molecule has 0 fully saturated rings. The van der Waals surface area contributed by atoms with Gasteiger partial charge in [0.15, 0.2) is 0 Å². The number of carbonyl (C=O) groups excluding carboxylic acids is 2. The van der Waals surface area contributed by atoms with Crippen molar-refractivity contribution in [3.05, 3.63) is 125 Å². The zero-order valence-electron chi connectivity index (χ0n) is 25.7. The van der Waals surface area contributed by atoms with E-state index in [2.05, 4.69) is 5.32 Å². The van der Waals surface area contributed by atoms with Gasteiger partial charge in [0, 0.05) is 19.5 Å². The predicted octanol–water partition coefficient (Wildman–Crippen LogP) is 6.24. The lowest BCUT2D eigenvalue weighted by Crippen LogP contribution is -2.53. The van der Waals surface area contributed by atoms with Crippen LogP contribution in [0.3, 0.4) is 0 Å². The summed E-state index contributed by atoms with van der Waals surface area (Å²) >= 11 is 6.08. The lowest BCUT2D eigenvalue weighted by atomic mass is 10.0. The van der Waals surface area contributed by atoms with E-state index in [1.54, 1.807) is 42.5 Å². The van der Waals surface area contributed by atoms with E-state index in [9.17, 15) is 22.4 Å². The molecule has 0 aliphatic heterocycles. The largest absolute Gasteiger partial charge is 0.497 e. The molecule has 8 nitrogen and oxygen atoms in total. The van der Waals surface area contributed by atoms with Gasteiger partial charge in [-0.15, -0.1) is 0 Å². The number of anilines is 1. The van der Waals surface area contributed by atoms with Gasteiger partial charge in [-0.2, -0.15) is 0 Å². The highest BCUT2D eigenvalue weighted by Gasteiger charge is 2.34. The second kappa shape index (κ2) is 16.2. The minimum atomic E-state index is -4.33. The third-order valence-corrected chi connectivity index (χ3v) is 9.47. The van der Waals surface area contributed by atoms with Crippen LogP contribution in [0.1, 0.15) is 30.9 Å².